The molecule has 0 saturated heterocycles. The Bertz CT molecular complexity index is 1220. The number of rotatable bonds is 3. The lowest BCUT2D eigenvalue weighted by atomic mass is 9.99. The summed E-state index contributed by atoms with van der Waals surface area (Å²) < 4.78 is 2.10. The second-order valence-electron chi connectivity index (χ2n) is 7.08. The van der Waals surface area contributed by atoms with Crippen LogP contribution in [-0.2, 0) is 0 Å². The Morgan fingerprint density at radius 1 is 0.862 bits per heavy atom. The van der Waals surface area contributed by atoms with Crippen LogP contribution in [0.3, 0.4) is 0 Å². The Balaban J connectivity index is 1.55. The van der Waals surface area contributed by atoms with Crippen molar-refractivity contribution in [2.45, 2.75) is 20.8 Å². The number of hydrogen-bond donors (Lipinski definition) is 1. The monoisotopic (exact) mass is 398 g/mol. The van der Waals surface area contributed by atoms with Crippen molar-refractivity contribution in [1.29, 1.82) is 0 Å². The van der Waals surface area contributed by atoms with Gasteiger partial charge in [0.05, 0.1) is 5.71 Å². The van der Waals surface area contributed by atoms with Gasteiger partial charge in [0.1, 0.15) is 17.4 Å². The number of nitrogens with one attached hydrogen (secondary N) is 1. The fraction of sp³-hybridized carbons (Fsp3) is 0.130. The highest BCUT2D eigenvalue weighted by molar-refractivity contribution is 7.15. The molecule has 1 N–H and O–H groups in total. The van der Waals surface area contributed by atoms with E-state index in [-0.39, 0.29) is 0 Å². The molecule has 0 fully saturated rings. The van der Waals surface area contributed by atoms with Gasteiger partial charge in [-0.05, 0) is 50.6 Å². The molecule has 143 valence electrons. The number of anilines is 2. The fourth-order valence-corrected chi connectivity index (χ4v) is 4.78. The van der Waals surface area contributed by atoms with Gasteiger partial charge in [0.2, 0.25) is 0 Å². The van der Waals surface area contributed by atoms with Gasteiger partial charge in [-0.1, -0.05) is 30.3 Å². The van der Waals surface area contributed by atoms with Gasteiger partial charge in [-0.3, -0.25) is 9.56 Å². The van der Waals surface area contributed by atoms with Gasteiger partial charge < -0.3 is 5.32 Å². The number of benzene rings is 2. The molecule has 1 radical (unpaired) electrons. The van der Waals surface area contributed by atoms with Crippen molar-refractivity contribution in [3.8, 4) is 5.00 Å². The van der Waals surface area contributed by atoms with Crippen LogP contribution in [0.1, 0.15) is 33.2 Å². The van der Waals surface area contributed by atoms with Crippen LogP contribution in [0.5, 0.6) is 0 Å². The summed E-state index contributed by atoms with van der Waals surface area (Å²) in [5.41, 5.74) is 6.58. The van der Waals surface area contributed by atoms with E-state index in [1.807, 2.05) is 31.7 Å². The van der Waals surface area contributed by atoms with Crippen LogP contribution in [0.2, 0.25) is 0 Å². The number of thiophene rings is 1. The van der Waals surface area contributed by atoms with Gasteiger partial charge >= 0.3 is 0 Å². The van der Waals surface area contributed by atoms with Crippen LogP contribution in [0.15, 0.2) is 59.6 Å². The molecule has 0 bridgehead atoms. The third-order valence-electron chi connectivity index (χ3n) is 5.19. The number of para-hydroxylation sites is 1. The lowest BCUT2D eigenvalue weighted by Crippen LogP contribution is -2.07. The molecule has 6 heteroatoms. The second kappa shape index (κ2) is 6.97. The van der Waals surface area contributed by atoms with Crippen molar-refractivity contribution >= 4 is 28.4 Å². The zero-order valence-corrected chi connectivity index (χ0v) is 17.3. The molecule has 5 rings (SSSR count). The van der Waals surface area contributed by atoms with E-state index in [2.05, 4.69) is 70.3 Å². The smallest absolute Gasteiger partial charge is 0.165 e. The molecular formula is C23H20N5S. The van der Waals surface area contributed by atoms with E-state index < -0.39 is 0 Å². The highest BCUT2D eigenvalue weighted by Crippen LogP contribution is 2.36. The Labute approximate surface area is 173 Å². The molecule has 1 aliphatic rings. The molecule has 3 heterocycles. The van der Waals surface area contributed by atoms with Crippen molar-refractivity contribution in [1.82, 2.24) is 14.8 Å². The highest BCUT2D eigenvalue weighted by Gasteiger charge is 2.26. The highest BCUT2D eigenvalue weighted by atomic mass is 32.1. The molecule has 1 aliphatic heterocycles. The van der Waals surface area contributed by atoms with Crippen molar-refractivity contribution in [2.24, 2.45) is 4.99 Å². The minimum absolute atomic E-state index is 0.766. The minimum atomic E-state index is 0.766. The zero-order valence-electron chi connectivity index (χ0n) is 16.5. The summed E-state index contributed by atoms with van der Waals surface area (Å²) >= 11 is 1.76. The summed E-state index contributed by atoms with van der Waals surface area (Å²) in [4.78, 5) is 6.12. The largest absolute Gasteiger partial charge is 0.356 e. The van der Waals surface area contributed by atoms with Crippen LogP contribution >= 0.6 is 11.3 Å². The number of fused-ring (bicyclic) bond motifs is 3. The van der Waals surface area contributed by atoms with Crippen LogP contribution in [0.4, 0.5) is 11.4 Å². The number of aliphatic imine (C=N–C) groups is 1. The zero-order chi connectivity index (χ0) is 20.0. The molecule has 0 atom stereocenters. The first-order chi connectivity index (χ1) is 14.1. The van der Waals surface area contributed by atoms with E-state index in [0.717, 1.165) is 44.9 Å². The van der Waals surface area contributed by atoms with Gasteiger partial charge in [-0.2, -0.15) is 0 Å². The standard InChI is InChI=1S/C23H20N5S/c1-14-15(2)29-23-21(14)22(24-13-20-27-26-16(3)28(20)23)17-9-11-19(12-10-17)25-18-7-5-4-6-8-18/h4-13,25H,1-3H3. The quantitative estimate of drug-likeness (QED) is 0.505. The van der Waals surface area contributed by atoms with Gasteiger partial charge in [-0.25, -0.2) is 0 Å². The lowest BCUT2D eigenvalue weighted by Gasteiger charge is -2.11. The Kier molecular flexibility index (Phi) is 4.28. The average molecular weight is 399 g/mol. The van der Waals surface area contributed by atoms with E-state index in [1.54, 1.807) is 11.3 Å². The average Bonchev–Trinajstić information content (AvgIpc) is 3.18. The molecular weight excluding hydrogens is 378 g/mol. The maximum absolute atomic E-state index is 4.83. The van der Waals surface area contributed by atoms with E-state index in [0.29, 0.717) is 0 Å². The van der Waals surface area contributed by atoms with Gasteiger partial charge in [-0.15, -0.1) is 21.5 Å². The molecule has 0 aliphatic carbocycles. The van der Waals surface area contributed by atoms with Crippen molar-refractivity contribution in [3.05, 3.63) is 94.4 Å². The van der Waals surface area contributed by atoms with Crippen LogP contribution < -0.4 is 5.32 Å². The SMILES string of the molecule is Cc1sc2c(c1C)C(c1ccc(Nc3ccccc3)cc1)=N[CH]c1nnc(C)n1-2. The molecule has 0 spiro atoms. The van der Waals surface area contributed by atoms with Gasteiger partial charge in [0, 0.05) is 27.4 Å². The topological polar surface area (TPSA) is 55.1 Å². The number of aromatic nitrogens is 3. The fourth-order valence-electron chi connectivity index (χ4n) is 3.56. The summed E-state index contributed by atoms with van der Waals surface area (Å²) in [6.45, 7) is 8.11. The molecule has 0 saturated carbocycles. The summed E-state index contributed by atoms with van der Waals surface area (Å²) in [5.74, 6) is 1.64. The molecule has 0 unspecified atom stereocenters. The molecule has 4 aromatic rings. The molecule has 0 amide bonds. The Morgan fingerprint density at radius 3 is 2.34 bits per heavy atom. The Morgan fingerprint density at radius 2 is 1.59 bits per heavy atom. The van der Waals surface area contributed by atoms with E-state index in [4.69, 9.17) is 4.99 Å². The predicted molar refractivity (Wildman–Crippen MR) is 119 cm³/mol. The normalized spacial score (nSPS) is 12.7. The first-order valence-corrected chi connectivity index (χ1v) is 10.3. The van der Waals surface area contributed by atoms with Crippen molar-refractivity contribution in [3.63, 3.8) is 0 Å². The lowest BCUT2D eigenvalue weighted by molar-refractivity contribution is 0.962. The van der Waals surface area contributed by atoms with Crippen molar-refractivity contribution < 1.29 is 0 Å². The summed E-state index contributed by atoms with van der Waals surface area (Å²) in [6, 6.07) is 18.6. The third kappa shape index (κ3) is 3.06. The molecule has 2 aromatic heterocycles. The molecule has 5 nitrogen and oxygen atoms in total. The van der Waals surface area contributed by atoms with Crippen molar-refractivity contribution in [2.75, 3.05) is 5.32 Å². The molecule has 29 heavy (non-hydrogen) atoms. The predicted octanol–water partition coefficient (Wildman–Crippen LogP) is 5.36. The van der Waals surface area contributed by atoms with E-state index >= 15 is 0 Å². The third-order valence-corrected chi connectivity index (χ3v) is 6.38. The number of hydrogen-bond acceptors (Lipinski definition) is 5. The first-order valence-electron chi connectivity index (χ1n) is 9.48. The van der Waals surface area contributed by atoms with E-state index in [9.17, 15) is 0 Å². The maximum atomic E-state index is 4.83. The summed E-state index contributed by atoms with van der Waals surface area (Å²) in [6.07, 6.45) is 0. The second-order valence-corrected chi connectivity index (χ2v) is 8.28. The molecule has 2 aromatic carbocycles. The van der Waals surface area contributed by atoms with Gasteiger partial charge in [0.15, 0.2) is 5.82 Å². The first kappa shape index (κ1) is 17.8. The Hall–Kier alpha value is -3.25. The van der Waals surface area contributed by atoms with E-state index in [1.165, 1.54) is 10.4 Å². The summed E-state index contributed by atoms with van der Waals surface area (Å²) in [5, 5.41) is 13.1. The van der Waals surface area contributed by atoms with Crippen LogP contribution in [0, 0.1) is 27.3 Å². The van der Waals surface area contributed by atoms with Crippen LogP contribution in [0.25, 0.3) is 5.00 Å². The van der Waals surface area contributed by atoms with Crippen LogP contribution in [-0.4, -0.2) is 20.5 Å². The minimum Gasteiger partial charge on any atom is -0.356 e. The maximum Gasteiger partial charge on any atom is 0.165 e. The number of nitrogens with zero attached hydrogens (tertiary/aromatic N) is 4. The number of aryl methyl sites for hydroxylation is 2. The summed E-state index contributed by atoms with van der Waals surface area (Å²) in [7, 11) is 0. The van der Waals surface area contributed by atoms with Gasteiger partial charge in [0.25, 0.3) is 0 Å².